The van der Waals surface area contributed by atoms with Crippen LogP contribution in [-0.4, -0.2) is 54.5 Å². The summed E-state index contributed by atoms with van der Waals surface area (Å²) in [5.41, 5.74) is 6.12. The molecule has 1 aromatic carbocycles. The number of aromatic nitrogens is 4. The average molecular weight is 421 g/mol. The molecular formula is C21H20N6S2. The molecule has 1 saturated heterocycles. The van der Waals surface area contributed by atoms with E-state index in [-0.39, 0.29) is 0 Å². The van der Waals surface area contributed by atoms with Gasteiger partial charge < -0.3 is 20.2 Å². The first-order chi connectivity index (χ1) is 14.3. The van der Waals surface area contributed by atoms with Gasteiger partial charge in [-0.05, 0) is 54.7 Å². The molecule has 8 heteroatoms. The van der Waals surface area contributed by atoms with Gasteiger partial charge in [-0.25, -0.2) is 9.97 Å². The number of nitrogens with one attached hydrogen (secondary N) is 3. The first kappa shape index (κ1) is 18.2. The molecule has 0 amide bonds. The minimum Gasteiger partial charge on any atom is -0.360 e. The van der Waals surface area contributed by atoms with Crippen molar-refractivity contribution in [3.8, 4) is 22.8 Å². The van der Waals surface area contributed by atoms with Crippen molar-refractivity contribution in [3.05, 3.63) is 54.9 Å². The van der Waals surface area contributed by atoms with Crippen molar-refractivity contribution in [3.63, 3.8) is 0 Å². The van der Waals surface area contributed by atoms with Crippen LogP contribution in [0.3, 0.4) is 0 Å². The van der Waals surface area contributed by atoms with Crippen molar-refractivity contribution in [2.75, 3.05) is 29.9 Å². The molecule has 5 rings (SSSR count). The molecule has 0 saturated carbocycles. The van der Waals surface area contributed by atoms with E-state index in [4.69, 9.17) is 22.2 Å². The van der Waals surface area contributed by atoms with E-state index in [0.29, 0.717) is 0 Å². The Morgan fingerprint density at radius 1 is 0.931 bits per heavy atom. The maximum absolute atomic E-state index is 5.60. The summed E-state index contributed by atoms with van der Waals surface area (Å²) in [5, 5.41) is 4.14. The van der Waals surface area contributed by atoms with Crippen LogP contribution < -0.4 is 5.32 Å². The van der Waals surface area contributed by atoms with Gasteiger partial charge in [0.1, 0.15) is 11.4 Å². The fourth-order valence-corrected chi connectivity index (χ4v) is 4.64. The van der Waals surface area contributed by atoms with Gasteiger partial charge in [-0.1, -0.05) is 0 Å². The maximum Gasteiger partial charge on any atom is 0.173 e. The van der Waals surface area contributed by atoms with E-state index in [2.05, 4.69) is 20.2 Å². The summed E-state index contributed by atoms with van der Waals surface area (Å²) in [6.45, 7) is 1.97. The number of hydrogen-bond donors (Lipinski definition) is 3. The van der Waals surface area contributed by atoms with Crippen LogP contribution in [0.25, 0.3) is 33.8 Å². The highest BCUT2D eigenvalue weighted by molar-refractivity contribution is 7.99. The molecule has 146 valence electrons. The summed E-state index contributed by atoms with van der Waals surface area (Å²) >= 11 is 7.58. The van der Waals surface area contributed by atoms with Crippen molar-refractivity contribution in [1.29, 1.82) is 0 Å². The van der Waals surface area contributed by atoms with Crippen molar-refractivity contribution < 1.29 is 0 Å². The lowest BCUT2D eigenvalue weighted by Gasteiger charge is -2.29. The molecule has 1 fully saturated rings. The first-order valence-electron chi connectivity index (χ1n) is 9.51. The van der Waals surface area contributed by atoms with Gasteiger partial charge in [-0.2, -0.15) is 11.8 Å². The quantitative estimate of drug-likeness (QED) is 0.428. The summed E-state index contributed by atoms with van der Waals surface area (Å²) in [7, 11) is 0. The molecule has 0 bridgehead atoms. The Balaban J connectivity index is 1.52. The smallest absolute Gasteiger partial charge is 0.173 e. The number of thioether (sulfide) groups is 1. The number of rotatable bonds is 3. The second-order valence-corrected chi connectivity index (χ2v) is 8.43. The molecule has 3 aromatic heterocycles. The van der Waals surface area contributed by atoms with E-state index in [1.807, 2.05) is 66.6 Å². The number of hydrogen-bond acceptors (Lipinski definition) is 4. The summed E-state index contributed by atoms with van der Waals surface area (Å²) in [6.07, 6.45) is 3.79. The predicted octanol–water partition coefficient (Wildman–Crippen LogP) is 4.37. The van der Waals surface area contributed by atoms with Gasteiger partial charge in [-0.15, -0.1) is 0 Å². The number of fused-ring (bicyclic) bond motifs is 1. The van der Waals surface area contributed by atoms with Gasteiger partial charge in [0.25, 0.3) is 0 Å². The minimum atomic E-state index is 0.769. The van der Waals surface area contributed by atoms with E-state index in [1.54, 1.807) is 0 Å². The van der Waals surface area contributed by atoms with Crippen molar-refractivity contribution in [1.82, 2.24) is 24.8 Å². The highest BCUT2D eigenvalue weighted by atomic mass is 32.2. The van der Waals surface area contributed by atoms with E-state index >= 15 is 0 Å². The second kappa shape index (κ2) is 7.88. The molecule has 0 unspecified atom stereocenters. The molecule has 0 aliphatic carbocycles. The Morgan fingerprint density at radius 3 is 2.21 bits per heavy atom. The Labute approximate surface area is 178 Å². The lowest BCUT2D eigenvalue weighted by Crippen LogP contribution is -2.40. The predicted molar refractivity (Wildman–Crippen MR) is 124 cm³/mol. The Hall–Kier alpha value is -2.84. The zero-order valence-electron chi connectivity index (χ0n) is 15.7. The summed E-state index contributed by atoms with van der Waals surface area (Å²) in [4.78, 5) is 18.5. The fraction of sp³-hybridized carbons (Fsp3) is 0.190. The van der Waals surface area contributed by atoms with E-state index in [9.17, 15) is 0 Å². The van der Waals surface area contributed by atoms with Gasteiger partial charge in [0.2, 0.25) is 0 Å². The van der Waals surface area contributed by atoms with Crippen molar-refractivity contribution in [2.24, 2.45) is 0 Å². The molecule has 6 nitrogen and oxygen atoms in total. The average Bonchev–Trinajstić information content (AvgIpc) is 3.47. The molecule has 0 radical (unpaired) electrons. The number of benzene rings is 1. The number of anilines is 1. The Bertz CT molecular complexity index is 1130. The van der Waals surface area contributed by atoms with Crippen LogP contribution in [0.15, 0.2) is 54.9 Å². The maximum atomic E-state index is 5.60. The van der Waals surface area contributed by atoms with Gasteiger partial charge >= 0.3 is 0 Å². The molecule has 4 aromatic rings. The highest BCUT2D eigenvalue weighted by Gasteiger charge is 2.16. The molecular weight excluding hydrogens is 400 g/mol. The van der Waals surface area contributed by atoms with Gasteiger partial charge in [0.15, 0.2) is 5.11 Å². The van der Waals surface area contributed by atoms with Crippen molar-refractivity contribution >= 4 is 45.8 Å². The number of nitrogens with zero attached hydrogens (tertiary/aromatic N) is 3. The summed E-state index contributed by atoms with van der Waals surface area (Å²) < 4.78 is 0. The van der Waals surface area contributed by atoms with E-state index in [0.717, 1.165) is 69.2 Å². The third kappa shape index (κ3) is 3.73. The van der Waals surface area contributed by atoms with Crippen LogP contribution in [0, 0.1) is 0 Å². The van der Waals surface area contributed by atoms with Crippen LogP contribution in [-0.2, 0) is 0 Å². The third-order valence-electron chi connectivity index (χ3n) is 4.92. The van der Waals surface area contributed by atoms with E-state index in [1.165, 1.54) is 0 Å². The Morgan fingerprint density at radius 2 is 1.59 bits per heavy atom. The fourth-order valence-electron chi connectivity index (χ4n) is 3.43. The SMILES string of the molecule is S=C(Nc1ccc2nc(-c3ccc[nH]3)c(-c3ccc[nH]3)nc2c1)N1CCSCC1. The van der Waals surface area contributed by atoms with Crippen LogP contribution >= 0.6 is 24.0 Å². The largest absolute Gasteiger partial charge is 0.360 e. The molecule has 0 atom stereocenters. The third-order valence-corrected chi connectivity index (χ3v) is 6.22. The van der Waals surface area contributed by atoms with Gasteiger partial charge in [-0.3, -0.25) is 0 Å². The standard InChI is InChI=1S/C21H20N6S2/c28-21(27-9-11-29-12-10-27)24-14-5-6-15-18(13-14)26-20(17-4-2-8-23-17)19(25-15)16-3-1-7-22-16/h1-8,13,22-23H,9-12H2,(H,24,28). The zero-order chi connectivity index (χ0) is 19.6. The highest BCUT2D eigenvalue weighted by Crippen LogP contribution is 2.30. The lowest BCUT2D eigenvalue weighted by atomic mass is 10.1. The topological polar surface area (TPSA) is 72.6 Å². The monoisotopic (exact) mass is 420 g/mol. The molecule has 3 N–H and O–H groups in total. The minimum absolute atomic E-state index is 0.769. The Kier molecular flexibility index (Phi) is 4.95. The van der Waals surface area contributed by atoms with Crippen LogP contribution in [0.5, 0.6) is 0 Å². The molecule has 1 aliphatic rings. The molecule has 4 heterocycles. The van der Waals surface area contributed by atoms with Crippen molar-refractivity contribution in [2.45, 2.75) is 0 Å². The number of thiocarbonyl (C=S) groups is 1. The first-order valence-corrected chi connectivity index (χ1v) is 11.1. The number of aromatic amines is 2. The molecule has 0 spiro atoms. The molecule has 1 aliphatic heterocycles. The number of H-pyrrole nitrogens is 2. The van der Waals surface area contributed by atoms with Crippen LogP contribution in [0.4, 0.5) is 5.69 Å². The van der Waals surface area contributed by atoms with E-state index < -0.39 is 0 Å². The summed E-state index contributed by atoms with van der Waals surface area (Å²) in [6, 6.07) is 14.0. The van der Waals surface area contributed by atoms with Crippen LogP contribution in [0.2, 0.25) is 0 Å². The normalized spacial score (nSPS) is 14.3. The zero-order valence-corrected chi connectivity index (χ0v) is 17.3. The van der Waals surface area contributed by atoms with Crippen LogP contribution in [0.1, 0.15) is 0 Å². The second-order valence-electron chi connectivity index (χ2n) is 6.82. The molecule has 29 heavy (non-hydrogen) atoms. The lowest BCUT2D eigenvalue weighted by molar-refractivity contribution is 0.470. The summed E-state index contributed by atoms with van der Waals surface area (Å²) in [5.74, 6) is 2.23. The van der Waals surface area contributed by atoms with Gasteiger partial charge in [0, 0.05) is 42.7 Å². The van der Waals surface area contributed by atoms with Gasteiger partial charge in [0.05, 0.1) is 22.4 Å².